The Labute approximate surface area is 115 Å². The quantitative estimate of drug-likeness (QED) is 0.693. The number of aryl methyl sites for hydroxylation is 1. The van der Waals surface area contributed by atoms with E-state index in [1.807, 2.05) is 0 Å². The summed E-state index contributed by atoms with van der Waals surface area (Å²) in [7, 11) is 0. The van der Waals surface area contributed by atoms with Crippen LogP contribution in [0.3, 0.4) is 0 Å². The van der Waals surface area contributed by atoms with Gasteiger partial charge in [-0.3, -0.25) is 10.0 Å². The van der Waals surface area contributed by atoms with Crippen LogP contribution in [0.2, 0.25) is 5.02 Å². The van der Waals surface area contributed by atoms with Gasteiger partial charge >= 0.3 is 0 Å². The summed E-state index contributed by atoms with van der Waals surface area (Å²) in [6.07, 6.45) is 0. The van der Waals surface area contributed by atoms with Crippen LogP contribution in [-0.4, -0.2) is 27.9 Å². The van der Waals surface area contributed by atoms with Gasteiger partial charge in [0.05, 0.1) is 5.02 Å². The highest BCUT2D eigenvalue weighted by molar-refractivity contribution is 6.33. The zero-order valence-corrected chi connectivity index (χ0v) is 11.3. The number of carbonyl (C=O) groups is 1. The maximum atomic E-state index is 12.1. The second kappa shape index (κ2) is 5.42. The summed E-state index contributed by atoms with van der Waals surface area (Å²) in [4.78, 5) is 12.1. The van der Waals surface area contributed by atoms with Crippen LogP contribution in [0, 0.1) is 6.92 Å². The van der Waals surface area contributed by atoms with Crippen molar-refractivity contribution >= 4 is 17.5 Å². The van der Waals surface area contributed by atoms with Crippen molar-refractivity contribution in [1.82, 2.24) is 10.2 Å². The number of aromatic nitrogens is 1. The molecule has 100 valence electrons. The molecule has 0 spiro atoms. The maximum Gasteiger partial charge on any atom is 0.283 e. The first kappa shape index (κ1) is 13.6. The van der Waals surface area contributed by atoms with Gasteiger partial charge in [-0.15, -0.1) is 0 Å². The maximum absolute atomic E-state index is 12.1. The lowest BCUT2D eigenvalue weighted by atomic mass is 10.1. The van der Waals surface area contributed by atoms with Gasteiger partial charge in [0.15, 0.2) is 0 Å². The molecule has 6 heteroatoms. The average molecular weight is 281 g/mol. The number of rotatable bonds is 3. The zero-order valence-electron chi connectivity index (χ0n) is 10.6. The zero-order chi connectivity index (χ0) is 14.0. The van der Waals surface area contributed by atoms with E-state index in [1.54, 1.807) is 38.1 Å². The first-order valence-corrected chi connectivity index (χ1v) is 6.16. The van der Waals surface area contributed by atoms with Gasteiger partial charge in [0, 0.05) is 12.1 Å². The van der Waals surface area contributed by atoms with Gasteiger partial charge in [0.1, 0.15) is 17.0 Å². The lowest BCUT2D eigenvalue weighted by molar-refractivity contribution is -0.0542. The van der Waals surface area contributed by atoms with Crippen LogP contribution in [0.15, 0.2) is 28.8 Å². The number of benzene rings is 1. The number of hydrogen-bond donors (Lipinski definition) is 1. The largest absolute Gasteiger partial charge is 0.360 e. The molecule has 0 aliphatic heterocycles. The third kappa shape index (κ3) is 2.47. The fourth-order valence-corrected chi connectivity index (χ4v) is 1.96. The Morgan fingerprint density at radius 3 is 2.79 bits per heavy atom. The SMILES string of the molecule is CCN(O)C(=O)c1c(-c2ccccc2Cl)noc1C. The van der Waals surface area contributed by atoms with Gasteiger partial charge in [0.2, 0.25) is 0 Å². The first-order valence-electron chi connectivity index (χ1n) is 5.78. The normalized spacial score (nSPS) is 10.5. The van der Waals surface area contributed by atoms with Crippen LogP contribution in [-0.2, 0) is 0 Å². The first-order chi connectivity index (χ1) is 9.06. The fourth-order valence-electron chi connectivity index (χ4n) is 1.73. The van der Waals surface area contributed by atoms with E-state index in [4.69, 9.17) is 16.1 Å². The Kier molecular flexibility index (Phi) is 3.87. The van der Waals surface area contributed by atoms with Gasteiger partial charge in [0.25, 0.3) is 5.91 Å². The van der Waals surface area contributed by atoms with E-state index >= 15 is 0 Å². The summed E-state index contributed by atoms with van der Waals surface area (Å²) in [6.45, 7) is 3.45. The summed E-state index contributed by atoms with van der Waals surface area (Å²) in [5.41, 5.74) is 1.15. The monoisotopic (exact) mass is 280 g/mol. The minimum Gasteiger partial charge on any atom is -0.360 e. The predicted octanol–water partition coefficient (Wildman–Crippen LogP) is 3.15. The Hall–Kier alpha value is -1.85. The molecule has 0 aliphatic rings. The van der Waals surface area contributed by atoms with Gasteiger partial charge in [-0.05, 0) is 19.9 Å². The van der Waals surface area contributed by atoms with Gasteiger partial charge in [-0.1, -0.05) is 35.0 Å². The van der Waals surface area contributed by atoms with E-state index in [0.29, 0.717) is 27.1 Å². The molecule has 1 aromatic carbocycles. The molecule has 5 nitrogen and oxygen atoms in total. The standard InChI is InChI=1S/C13H13ClN2O3/c1-3-16(18)13(17)11-8(2)19-15-12(11)9-6-4-5-7-10(9)14/h4-7,18H,3H2,1-2H3. The molecule has 0 saturated carbocycles. The van der Waals surface area contributed by atoms with Crippen LogP contribution in [0.1, 0.15) is 23.0 Å². The molecule has 2 aromatic rings. The lowest BCUT2D eigenvalue weighted by Crippen LogP contribution is -2.27. The second-order valence-corrected chi connectivity index (χ2v) is 4.37. The lowest BCUT2D eigenvalue weighted by Gasteiger charge is -2.12. The van der Waals surface area contributed by atoms with E-state index < -0.39 is 5.91 Å². The van der Waals surface area contributed by atoms with Crippen molar-refractivity contribution in [3.63, 3.8) is 0 Å². The van der Waals surface area contributed by atoms with Crippen molar-refractivity contribution < 1.29 is 14.5 Å². The predicted molar refractivity (Wildman–Crippen MR) is 70.2 cm³/mol. The van der Waals surface area contributed by atoms with Gasteiger partial charge in [-0.2, -0.15) is 0 Å². The summed E-state index contributed by atoms with van der Waals surface area (Å²) in [5.74, 6) is -0.219. The van der Waals surface area contributed by atoms with Crippen LogP contribution >= 0.6 is 11.6 Å². The summed E-state index contributed by atoms with van der Waals surface area (Å²) >= 11 is 6.09. The van der Waals surface area contributed by atoms with Crippen molar-refractivity contribution in [2.24, 2.45) is 0 Å². The van der Waals surface area contributed by atoms with Crippen LogP contribution in [0.25, 0.3) is 11.3 Å². The molecule has 1 heterocycles. The number of carbonyl (C=O) groups excluding carboxylic acids is 1. The molecule has 0 radical (unpaired) electrons. The second-order valence-electron chi connectivity index (χ2n) is 3.96. The molecule has 1 N–H and O–H groups in total. The number of halogens is 1. The average Bonchev–Trinajstić information content (AvgIpc) is 2.79. The van der Waals surface area contributed by atoms with E-state index in [9.17, 15) is 10.0 Å². The molecule has 0 fully saturated rings. The van der Waals surface area contributed by atoms with Crippen LogP contribution in [0.5, 0.6) is 0 Å². The molecule has 2 rings (SSSR count). The molecule has 1 aromatic heterocycles. The smallest absolute Gasteiger partial charge is 0.283 e. The third-order valence-electron chi connectivity index (χ3n) is 2.74. The molecule has 0 saturated heterocycles. The highest BCUT2D eigenvalue weighted by Crippen LogP contribution is 2.31. The topological polar surface area (TPSA) is 66.6 Å². The number of amides is 1. The Morgan fingerprint density at radius 2 is 2.16 bits per heavy atom. The van der Waals surface area contributed by atoms with Gasteiger partial charge < -0.3 is 4.52 Å². The van der Waals surface area contributed by atoms with Crippen molar-refractivity contribution in [1.29, 1.82) is 0 Å². The molecule has 1 amide bonds. The van der Waals surface area contributed by atoms with Crippen molar-refractivity contribution in [3.05, 3.63) is 40.6 Å². The van der Waals surface area contributed by atoms with E-state index in [-0.39, 0.29) is 12.1 Å². The van der Waals surface area contributed by atoms with Crippen molar-refractivity contribution in [2.45, 2.75) is 13.8 Å². The summed E-state index contributed by atoms with van der Waals surface area (Å²) < 4.78 is 5.05. The molecule has 0 unspecified atom stereocenters. The minimum absolute atomic E-state index is 0.172. The molecule has 19 heavy (non-hydrogen) atoms. The number of nitrogens with zero attached hydrogens (tertiary/aromatic N) is 2. The summed E-state index contributed by atoms with van der Waals surface area (Å²) in [6, 6.07) is 7.01. The van der Waals surface area contributed by atoms with E-state index in [1.165, 1.54) is 0 Å². The highest BCUT2D eigenvalue weighted by Gasteiger charge is 2.25. The molecule has 0 atom stereocenters. The van der Waals surface area contributed by atoms with E-state index in [0.717, 1.165) is 0 Å². The molecular weight excluding hydrogens is 268 g/mol. The van der Waals surface area contributed by atoms with E-state index in [2.05, 4.69) is 5.16 Å². The molecule has 0 aliphatic carbocycles. The van der Waals surface area contributed by atoms with Crippen molar-refractivity contribution in [3.8, 4) is 11.3 Å². The highest BCUT2D eigenvalue weighted by atomic mass is 35.5. The van der Waals surface area contributed by atoms with Gasteiger partial charge in [-0.25, -0.2) is 5.06 Å². The third-order valence-corrected chi connectivity index (χ3v) is 3.07. The number of hydrogen-bond acceptors (Lipinski definition) is 4. The Bertz CT molecular complexity index is 610. The fraction of sp³-hybridized carbons (Fsp3) is 0.231. The Morgan fingerprint density at radius 1 is 1.47 bits per heavy atom. The van der Waals surface area contributed by atoms with Crippen molar-refractivity contribution in [2.75, 3.05) is 6.54 Å². The Balaban J connectivity index is 2.55. The summed E-state index contributed by atoms with van der Waals surface area (Å²) in [5, 5.41) is 14.5. The van der Waals surface area contributed by atoms with Crippen LogP contribution in [0.4, 0.5) is 0 Å². The molecule has 0 bridgehead atoms. The minimum atomic E-state index is -0.559. The number of hydroxylamine groups is 2. The molecular formula is C13H13ClN2O3. The van der Waals surface area contributed by atoms with Crippen LogP contribution < -0.4 is 0 Å².